The number of nitrogens with one attached hydrogen (secondary N) is 2. The standard InChI is InChI=1S/C15H13I3N2O8/c1-5(21)27-3-7(23)19-13-10(16)9(15(25)26)11(17)14(12(13)18)20-8(24)4-28-6(2)22/h3-4H2,1-2H3,(H,19,23)(H,20,24)(H,25,26). The van der Waals surface area contributed by atoms with Gasteiger partial charge in [-0.1, -0.05) is 0 Å². The molecule has 152 valence electrons. The topological polar surface area (TPSA) is 148 Å². The highest BCUT2D eigenvalue weighted by Gasteiger charge is 2.26. The Morgan fingerprint density at radius 3 is 1.43 bits per heavy atom. The van der Waals surface area contributed by atoms with Gasteiger partial charge < -0.3 is 25.2 Å². The lowest BCUT2D eigenvalue weighted by Gasteiger charge is -2.18. The molecule has 0 aromatic heterocycles. The number of benzene rings is 1. The zero-order valence-corrected chi connectivity index (χ0v) is 20.8. The van der Waals surface area contributed by atoms with Crippen molar-refractivity contribution < 1.29 is 38.6 Å². The Kier molecular flexibility index (Phi) is 9.81. The molecule has 0 heterocycles. The van der Waals surface area contributed by atoms with E-state index in [0.29, 0.717) is 3.57 Å². The first-order valence-corrected chi connectivity index (χ1v) is 10.5. The fraction of sp³-hybridized carbons (Fsp3) is 0.267. The molecule has 0 saturated carbocycles. The molecule has 0 unspecified atom stereocenters. The minimum Gasteiger partial charge on any atom is -0.478 e. The van der Waals surface area contributed by atoms with Crippen molar-refractivity contribution in [3.8, 4) is 0 Å². The van der Waals surface area contributed by atoms with Crippen molar-refractivity contribution in [2.45, 2.75) is 13.8 Å². The van der Waals surface area contributed by atoms with Gasteiger partial charge in [-0.15, -0.1) is 0 Å². The lowest BCUT2D eigenvalue weighted by atomic mass is 10.1. The van der Waals surface area contributed by atoms with Crippen molar-refractivity contribution in [3.05, 3.63) is 16.3 Å². The molecule has 0 aliphatic rings. The summed E-state index contributed by atoms with van der Waals surface area (Å²) < 4.78 is 10.0. The third-order valence-corrected chi connectivity index (χ3v) is 6.11. The van der Waals surface area contributed by atoms with Crippen LogP contribution in [0.1, 0.15) is 24.2 Å². The molecule has 0 fully saturated rings. The number of amides is 2. The van der Waals surface area contributed by atoms with Gasteiger partial charge >= 0.3 is 17.9 Å². The fourth-order valence-corrected chi connectivity index (χ4v) is 5.92. The minimum absolute atomic E-state index is 0.132. The fourth-order valence-electron chi connectivity index (χ4n) is 1.76. The summed E-state index contributed by atoms with van der Waals surface area (Å²) in [5.74, 6) is -3.92. The SMILES string of the molecule is CC(=O)OCC(=O)Nc1c(I)c(NC(=O)COC(C)=O)c(I)c(C(=O)O)c1I. The molecular formula is C15H13I3N2O8. The molecule has 0 radical (unpaired) electrons. The van der Waals surface area contributed by atoms with Gasteiger partial charge in [-0.3, -0.25) is 19.2 Å². The Hall–Kier alpha value is -1.24. The number of ether oxygens (including phenoxy) is 2. The van der Waals surface area contributed by atoms with Gasteiger partial charge in [0.05, 0.1) is 27.6 Å². The van der Waals surface area contributed by atoms with E-state index >= 15 is 0 Å². The van der Waals surface area contributed by atoms with Gasteiger partial charge in [0.2, 0.25) is 0 Å². The number of hydrogen-bond donors (Lipinski definition) is 3. The van der Waals surface area contributed by atoms with Gasteiger partial charge in [0.15, 0.2) is 13.2 Å². The van der Waals surface area contributed by atoms with Crippen LogP contribution in [0.15, 0.2) is 0 Å². The number of aromatic carboxylic acids is 1. The number of halogens is 3. The van der Waals surface area contributed by atoms with E-state index in [1.165, 1.54) is 0 Å². The first-order valence-electron chi connectivity index (χ1n) is 7.25. The Balaban J connectivity index is 3.32. The van der Waals surface area contributed by atoms with Crippen molar-refractivity contribution in [3.63, 3.8) is 0 Å². The maximum absolute atomic E-state index is 12.0. The predicted octanol–water partition coefficient (Wildman–Crippen LogP) is 2.20. The van der Waals surface area contributed by atoms with E-state index in [4.69, 9.17) is 0 Å². The van der Waals surface area contributed by atoms with Gasteiger partial charge in [-0.2, -0.15) is 0 Å². The molecule has 0 atom stereocenters. The second-order valence-corrected chi connectivity index (χ2v) is 8.27. The first kappa shape index (κ1) is 24.8. The molecule has 0 aliphatic heterocycles. The van der Waals surface area contributed by atoms with Crippen LogP contribution in [0.3, 0.4) is 0 Å². The average molecular weight is 730 g/mol. The molecule has 1 aromatic rings. The molecular weight excluding hydrogens is 717 g/mol. The zero-order chi connectivity index (χ0) is 21.6. The summed E-state index contributed by atoms with van der Waals surface area (Å²) in [5.41, 5.74) is 0.144. The van der Waals surface area contributed by atoms with E-state index in [2.05, 4.69) is 20.1 Å². The molecule has 3 N–H and O–H groups in total. The smallest absolute Gasteiger partial charge is 0.338 e. The molecule has 13 heteroatoms. The first-order chi connectivity index (χ1) is 13.0. The molecule has 1 aromatic carbocycles. The summed E-state index contributed by atoms with van der Waals surface area (Å²) in [6.45, 7) is 1.18. The van der Waals surface area contributed by atoms with E-state index in [9.17, 15) is 29.1 Å². The van der Waals surface area contributed by atoms with Gasteiger partial charge in [0.1, 0.15) is 0 Å². The highest BCUT2D eigenvalue weighted by molar-refractivity contribution is 14.1. The van der Waals surface area contributed by atoms with Crippen LogP contribution in [0.25, 0.3) is 0 Å². The van der Waals surface area contributed by atoms with Gasteiger partial charge in [-0.25, -0.2) is 4.79 Å². The maximum Gasteiger partial charge on any atom is 0.338 e. The molecule has 1 rings (SSSR count). The van der Waals surface area contributed by atoms with Gasteiger partial charge in [0.25, 0.3) is 11.8 Å². The molecule has 0 spiro atoms. The monoisotopic (exact) mass is 730 g/mol. The number of carboxylic acids is 1. The van der Waals surface area contributed by atoms with Crippen LogP contribution < -0.4 is 10.6 Å². The van der Waals surface area contributed by atoms with E-state index in [1.807, 2.05) is 22.6 Å². The van der Waals surface area contributed by atoms with Crippen LogP contribution >= 0.6 is 67.8 Å². The maximum atomic E-state index is 12.0. The predicted molar refractivity (Wildman–Crippen MR) is 122 cm³/mol. The summed E-state index contributed by atoms with van der Waals surface area (Å²) in [5, 5.41) is 14.5. The van der Waals surface area contributed by atoms with Crippen molar-refractivity contribution in [1.82, 2.24) is 0 Å². The van der Waals surface area contributed by atoms with Crippen LogP contribution in [-0.2, 0) is 28.7 Å². The van der Waals surface area contributed by atoms with Crippen LogP contribution in [0, 0.1) is 10.7 Å². The quantitative estimate of drug-likeness (QED) is 0.286. The van der Waals surface area contributed by atoms with E-state index in [1.54, 1.807) is 45.2 Å². The average Bonchev–Trinajstić information content (AvgIpc) is 2.58. The van der Waals surface area contributed by atoms with Gasteiger partial charge in [-0.05, 0) is 67.8 Å². The highest BCUT2D eigenvalue weighted by atomic mass is 127. The summed E-state index contributed by atoms with van der Waals surface area (Å²) in [6.07, 6.45) is 0. The third kappa shape index (κ3) is 6.98. The molecule has 0 bridgehead atoms. The number of anilines is 2. The Morgan fingerprint density at radius 2 is 1.14 bits per heavy atom. The molecule has 0 saturated heterocycles. The zero-order valence-electron chi connectivity index (χ0n) is 14.4. The molecule has 0 aliphatic carbocycles. The molecule has 2 amide bonds. The largest absolute Gasteiger partial charge is 0.478 e. The minimum atomic E-state index is -1.27. The number of carbonyl (C=O) groups is 5. The molecule has 28 heavy (non-hydrogen) atoms. The van der Waals surface area contributed by atoms with Gasteiger partial charge in [0, 0.05) is 13.8 Å². The van der Waals surface area contributed by atoms with Crippen LogP contribution in [0.2, 0.25) is 0 Å². The number of carboxylic acid groups (broad SMARTS) is 1. The summed E-state index contributed by atoms with van der Waals surface area (Å²) in [7, 11) is 0. The Bertz CT molecular complexity index is 797. The number of esters is 2. The van der Waals surface area contributed by atoms with E-state index in [-0.39, 0.29) is 24.1 Å². The molecule has 10 nitrogen and oxygen atoms in total. The summed E-state index contributed by atoms with van der Waals surface area (Å²) in [4.78, 5) is 57.4. The highest BCUT2D eigenvalue weighted by Crippen LogP contribution is 2.38. The Morgan fingerprint density at radius 1 is 0.786 bits per heavy atom. The summed E-state index contributed by atoms with van der Waals surface area (Å²) >= 11 is 5.36. The van der Waals surface area contributed by atoms with Crippen molar-refractivity contribution >= 4 is 109 Å². The van der Waals surface area contributed by atoms with Crippen LogP contribution in [-0.4, -0.2) is 48.0 Å². The number of carbonyl (C=O) groups excluding carboxylic acids is 4. The lowest BCUT2D eigenvalue weighted by molar-refractivity contribution is -0.145. The van der Waals surface area contributed by atoms with Crippen molar-refractivity contribution in [1.29, 1.82) is 0 Å². The second-order valence-electron chi connectivity index (χ2n) is 5.03. The van der Waals surface area contributed by atoms with Crippen molar-refractivity contribution in [2.75, 3.05) is 23.8 Å². The number of hydrogen-bond acceptors (Lipinski definition) is 7. The Labute approximate surface area is 199 Å². The lowest BCUT2D eigenvalue weighted by Crippen LogP contribution is -2.25. The second kappa shape index (κ2) is 11.1. The van der Waals surface area contributed by atoms with Crippen LogP contribution in [0.5, 0.6) is 0 Å². The third-order valence-electron chi connectivity index (χ3n) is 2.87. The number of rotatable bonds is 7. The van der Waals surface area contributed by atoms with Crippen molar-refractivity contribution in [2.24, 2.45) is 0 Å². The normalized spacial score (nSPS) is 10.0. The van der Waals surface area contributed by atoms with E-state index in [0.717, 1.165) is 13.8 Å². The summed E-state index contributed by atoms with van der Waals surface area (Å²) in [6, 6.07) is 0. The van der Waals surface area contributed by atoms with Crippen LogP contribution in [0.4, 0.5) is 11.4 Å². The van der Waals surface area contributed by atoms with E-state index < -0.39 is 42.9 Å².